The smallest absolute Gasteiger partial charge is 0.330 e. The van der Waals surface area contributed by atoms with Crippen LogP contribution in [0.4, 0.5) is 5.82 Å². The van der Waals surface area contributed by atoms with Crippen molar-refractivity contribution in [2.45, 2.75) is 6.04 Å². The third kappa shape index (κ3) is 2.53. The molecule has 0 radical (unpaired) electrons. The van der Waals surface area contributed by atoms with Crippen LogP contribution in [0.5, 0.6) is 5.75 Å². The number of anilines is 1. The van der Waals surface area contributed by atoms with Crippen LogP contribution in [0.2, 0.25) is 0 Å². The molecule has 1 unspecified atom stereocenters. The van der Waals surface area contributed by atoms with E-state index in [1.54, 1.807) is 4.90 Å². The lowest BCUT2D eigenvalue weighted by Gasteiger charge is -2.34. The minimum Gasteiger partial charge on any atom is -0.489 e. The predicted octanol–water partition coefficient (Wildman–Crippen LogP) is -0.843. The zero-order valence-electron chi connectivity index (χ0n) is 10.7. The zero-order valence-corrected chi connectivity index (χ0v) is 10.7. The van der Waals surface area contributed by atoms with Gasteiger partial charge in [-0.05, 0) is 0 Å². The summed E-state index contributed by atoms with van der Waals surface area (Å²) in [6, 6.07) is -0.637. The number of hydrogen-bond acceptors (Lipinski definition) is 7. The van der Waals surface area contributed by atoms with Crippen LogP contribution in [0.15, 0.2) is 11.1 Å². The predicted molar refractivity (Wildman–Crippen MR) is 65.4 cm³/mol. The van der Waals surface area contributed by atoms with Gasteiger partial charge in [0.15, 0.2) is 11.9 Å². The van der Waals surface area contributed by atoms with Crippen molar-refractivity contribution in [2.75, 3.05) is 38.9 Å². The van der Waals surface area contributed by atoms with Crippen molar-refractivity contribution in [3.05, 3.63) is 16.7 Å². The second kappa shape index (κ2) is 5.70. The van der Waals surface area contributed by atoms with Gasteiger partial charge in [-0.25, -0.2) is 9.78 Å². The van der Waals surface area contributed by atoms with Gasteiger partial charge in [-0.3, -0.25) is 4.79 Å². The van der Waals surface area contributed by atoms with Crippen LogP contribution in [-0.2, 0) is 14.3 Å². The number of hydrogen-bond donors (Lipinski definition) is 1. The number of rotatable bonds is 3. The van der Waals surface area contributed by atoms with E-state index in [-0.39, 0.29) is 12.4 Å². The summed E-state index contributed by atoms with van der Waals surface area (Å²) in [5.74, 6) is -0.0629. The zero-order chi connectivity index (χ0) is 13.8. The van der Waals surface area contributed by atoms with Crippen LogP contribution >= 0.6 is 0 Å². The molecular formula is C11H15N3O5. The molecule has 1 aliphatic rings. The topological polar surface area (TPSA) is 93.8 Å². The number of aromatic amines is 1. The van der Waals surface area contributed by atoms with Crippen molar-refractivity contribution in [3.8, 4) is 5.75 Å². The number of morpholine rings is 1. The van der Waals surface area contributed by atoms with Gasteiger partial charge in [0.1, 0.15) is 0 Å². The van der Waals surface area contributed by atoms with Crippen molar-refractivity contribution < 1.29 is 19.0 Å². The number of nitrogens with one attached hydrogen (secondary N) is 1. The molecule has 1 aromatic rings. The van der Waals surface area contributed by atoms with Crippen molar-refractivity contribution in [2.24, 2.45) is 0 Å². The largest absolute Gasteiger partial charge is 0.489 e. The van der Waals surface area contributed by atoms with E-state index in [1.807, 2.05) is 0 Å². The number of nitrogens with zero attached hydrogens (tertiary/aromatic N) is 2. The molecule has 1 saturated heterocycles. The molecule has 0 bridgehead atoms. The van der Waals surface area contributed by atoms with Crippen molar-refractivity contribution in [1.82, 2.24) is 9.97 Å². The standard InChI is InChI=1S/C11H15N3O5/c1-17-8-9(12-6-13-10(8)15)14-3-4-19-5-7(14)11(16)18-2/h6-7H,3-5H2,1-2H3,(H,12,13,15). The van der Waals surface area contributed by atoms with Crippen molar-refractivity contribution >= 4 is 11.8 Å². The summed E-state index contributed by atoms with van der Waals surface area (Å²) in [6.45, 7) is 1.04. The van der Waals surface area contributed by atoms with E-state index in [1.165, 1.54) is 20.5 Å². The third-order valence-corrected chi connectivity index (χ3v) is 2.87. The van der Waals surface area contributed by atoms with Gasteiger partial charge in [0, 0.05) is 6.54 Å². The van der Waals surface area contributed by atoms with Gasteiger partial charge >= 0.3 is 5.97 Å². The maximum atomic E-state index is 11.7. The van der Waals surface area contributed by atoms with E-state index in [9.17, 15) is 9.59 Å². The Labute approximate surface area is 109 Å². The van der Waals surface area contributed by atoms with Crippen LogP contribution in [0, 0.1) is 0 Å². The van der Waals surface area contributed by atoms with Crippen molar-refractivity contribution in [3.63, 3.8) is 0 Å². The monoisotopic (exact) mass is 269 g/mol. The van der Waals surface area contributed by atoms with Crippen LogP contribution in [0.3, 0.4) is 0 Å². The highest BCUT2D eigenvalue weighted by atomic mass is 16.5. The summed E-state index contributed by atoms with van der Waals surface area (Å²) in [6.07, 6.45) is 1.27. The van der Waals surface area contributed by atoms with E-state index in [2.05, 4.69) is 9.97 Å². The molecule has 2 heterocycles. The number of H-pyrrole nitrogens is 1. The Kier molecular flexibility index (Phi) is 4.00. The molecule has 8 heteroatoms. The lowest BCUT2D eigenvalue weighted by atomic mass is 10.2. The normalized spacial score (nSPS) is 19.1. The number of carbonyl (C=O) groups is 1. The Morgan fingerprint density at radius 2 is 2.37 bits per heavy atom. The van der Waals surface area contributed by atoms with Crippen LogP contribution in [-0.4, -0.2) is 56.0 Å². The molecule has 2 rings (SSSR count). The second-order valence-electron chi connectivity index (χ2n) is 3.90. The molecule has 0 amide bonds. The molecule has 0 aromatic carbocycles. The Balaban J connectivity index is 2.40. The lowest BCUT2D eigenvalue weighted by Crippen LogP contribution is -2.51. The number of esters is 1. The minimum atomic E-state index is -0.637. The molecule has 1 N–H and O–H groups in total. The molecule has 1 aliphatic heterocycles. The van der Waals surface area contributed by atoms with Gasteiger partial charge in [-0.15, -0.1) is 0 Å². The van der Waals surface area contributed by atoms with Crippen LogP contribution in [0.1, 0.15) is 0 Å². The van der Waals surface area contributed by atoms with E-state index in [4.69, 9.17) is 14.2 Å². The average molecular weight is 269 g/mol. The average Bonchev–Trinajstić information content (AvgIpc) is 2.46. The summed E-state index contributed by atoms with van der Waals surface area (Å²) >= 11 is 0. The number of carbonyl (C=O) groups excluding carboxylic acids is 1. The molecule has 0 aliphatic carbocycles. The lowest BCUT2D eigenvalue weighted by molar-refractivity contribution is -0.144. The summed E-state index contributed by atoms with van der Waals surface area (Å²) in [5.41, 5.74) is -0.400. The summed E-state index contributed by atoms with van der Waals surface area (Å²) in [4.78, 5) is 31.6. The molecule has 1 atom stereocenters. The SMILES string of the molecule is COC(=O)C1COCCN1c1nc[nH]c(=O)c1OC. The molecule has 0 saturated carbocycles. The maximum Gasteiger partial charge on any atom is 0.330 e. The van der Waals surface area contributed by atoms with Crippen molar-refractivity contribution in [1.29, 1.82) is 0 Å². The van der Waals surface area contributed by atoms with E-state index >= 15 is 0 Å². The Morgan fingerprint density at radius 3 is 3.05 bits per heavy atom. The summed E-state index contributed by atoms with van der Waals surface area (Å²) in [5, 5.41) is 0. The molecule has 19 heavy (non-hydrogen) atoms. The molecular weight excluding hydrogens is 254 g/mol. The van der Waals surface area contributed by atoms with E-state index < -0.39 is 17.6 Å². The van der Waals surface area contributed by atoms with E-state index in [0.717, 1.165) is 0 Å². The van der Waals surface area contributed by atoms with Gasteiger partial charge in [0.2, 0.25) is 5.75 Å². The number of aromatic nitrogens is 2. The first-order valence-electron chi connectivity index (χ1n) is 5.73. The molecule has 0 spiro atoms. The molecule has 1 fully saturated rings. The molecule has 8 nitrogen and oxygen atoms in total. The van der Waals surface area contributed by atoms with Gasteiger partial charge < -0.3 is 24.1 Å². The molecule has 104 valence electrons. The van der Waals surface area contributed by atoms with Gasteiger partial charge in [0.25, 0.3) is 5.56 Å². The summed E-state index contributed by atoms with van der Waals surface area (Å²) in [7, 11) is 2.68. The Bertz CT molecular complexity index is 515. The van der Waals surface area contributed by atoms with Gasteiger partial charge in [-0.1, -0.05) is 0 Å². The first-order chi connectivity index (χ1) is 9.19. The van der Waals surface area contributed by atoms with E-state index in [0.29, 0.717) is 19.0 Å². The third-order valence-electron chi connectivity index (χ3n) is 2.87. The Hall–Kier alpha value is -2.09. The first kappa shape index (κ1) is 13.3. The second-order valence-corrected chi connectivity index (χ2v) is 3.90. The highest BCUT2D eigenvalue weighted by Crippen LogP contribution is 2.24. The fraction of sp³-hybridized carbons (Fsp3) is 0.545. The first-order valence-corrected chi connectivity index (χ1v) is 5.73. The van der Waals surface area contributed by atoms with Gasteiger partial charge in [-0.2, -0.15) is 0 Å². The van der Waals surface area contributed by atoms with Gasteiger partial charge in [0.05, 0.1) is 33.8 Å². The molecule has 1 aromatic heterocycles. The van der Waals surface area contributed by atoms with Crippen LogP contribution < -0.4 is 15.2 Å². The highest BCUT2D eigenvalue weighted by molar-refractivity contribution is 5.80. The maximum absolute atomic E-state index is 11.7. The Morgan fingerprint density at radius 1 is 1.58 bits per heavy atom. The minimum absolute atomic E-state index is 0.0679. The van der Waals surface area contributed by atoms with Crippen LogP contribution in [0.25, 0.3) is 0 Å². The quantitative estimate of drug-likeness (QED) is 0.715. The number of methoxy groups -OCH3 is 2. The summed E-state index contributed by atoms with van der Waals surface area (Å²) < 4.78 is 15.0. The number of ether oxygens (including phenoxy) is 3. The fourth-order valence-corrected chi connectivity index (χ4v) is 1.95. The highest BCUT2D eigenvalue weighted by Gasteiger charge is 2.33. The fourth-order valence-electron chi connectivity index (χ4n) is 1.95.